The van der Waals surface area contributed by atoms with Gasteiger partial charge in [0, 0.05) is 23.0 Å². The summed E-state index contributed by atoms with van der Waals surface area (Å²) in [6.07, 6.45) is 1.74. The van der Waals surface area contributed by atoms with E-state index >= 15 is 0 Å². The Kier molecular flexibility index (Phi) is 3.28. The summed E-state index contributed by atoms with van der Waals surface area (Å²) < 4.78 is 5.23. The van der Waals surface area contributed by atoms with Crippen molar-refractivity contribution in [3.05, 3.63) is 47.8 Å². The number of pyridine rings is 1. The second-order valence-corrected chi connectivity index (χ2v) is 3.91. The first-order valence-corrected chi connectivity index (χ1v) is 5.46. The van der Waals surface area contributed by atoms with E-state index in [0.29, 0.717) is 5.75 Å². The minimum Gasteiger partial charge on any atom is -0.496 e. The Morgan fingerprint density at radius 3 is 2.61 bits per heavy atom. The Morgan fingerprint density at radius 2 is 2.06 bits per heavy atom. The summed E-state index contributed by atoms with van der Waals surface area (Å²) in [4.78, 5) is 15.1. The molecule has 0 amide bonds. The maximum atomic E-state index is 10.9. The molecule has 92 valence electrons. The number of ether oxygens (including phenoxy) is 1. The lowest BCUT2D eigenvalue weighted by Gasteiger charge is -2.09. The third-order valence-corrected chi connectivity index (χ3v) is 2.67. The molecule has 0 fully saturated rings. The summed E-state index contributed by atoms with van der Waals surface area (Å²) in [6.45, 7) is 1.91. The minimum atomic E-state index is -0.970. The van der Waals surface area contributed by atoms with Crippen molar-refractivity contribution in [2.24, 2.45) is 0 Å². The molecule has 1 aromatic heterocycles. The molecule has 0 unspecified atom stereocenters. The van der Waals surface area contributed by atoms with Gasteiger partial charge in [0.05, 0.1) is 12.7 Å². The number of rotatable bonds is 3. The van der Waals surface area contributed by atoms with E-state index in [2.05, 4.69) is 4.98 Å². The summed E-state index contributed by atoms with van der Waals surface area (Å²) in [5, 5.41) is 8.93. The topological polar surface area (TPSA) is 59.4 Å². The van der Waals surface area contributed by atoms with Crippen molar-refractivity contribution in [3.8, 4) is 16.9 Å². The van der Waals surface area contributed by atoms with Crippen molar-refractivity contribution in [1.29, 1.82) is 0 Å². The number of carboxylic acid groups (broad SMARTS) is 1. The predicted octanol–water partition coefficient (Wildman–Crippen LogP) is 2.76. The number of carboxylic acids is 1. The first kappa shape index (κ1) is 12.1. The zero-order valence-corrected chi connectivity index (χ0v) is 10.2. The molecule has 0 spiro atoms. The zero-order valence-electron chi connectivity index (χ0n) is 10.2. The van der Waals surface area contributed by atoms with Crippen LogP contribution in [0.4, 0.5) is 0 Å². The van der Waals surface area contributed by atoms with Gasteiger partial charge in [-0.3, -0.25) is 4.98 Å². The van der Waals surface area contributed by atoms with Crippen LogP contribution in [-0.4, -0.2) is 23.2 Å². The summed E-state index contributed by atoms with van der Waals surface area (Å²) in [6, 6.07) is 8.63. The van der Waals surface area contributed by atoms with Crippen LogP contribution in [0.2, 0.25) is 0 Å². The number of aromatic carboxylic acids is 1. The van der Waals surface area contributed by atoms with E-state index in [4.69, 9.17) is 9.84 Å². The van der Waals surface area contributed by atoms with E-state index in [1.165, 1.54) is 13.2 Å². The molecule has 18 heavy (non-hydrogen) atoms. The van der Waals surface area contributed by atoms with Gasteiger partial charge >= 0.3 is 5.97 Å². The van der Waals surface area contributed by atoms with Crippen LogP contribution >= 0.6 is 0 Å². The number of aromatic nitrogens is 1. The Balaban J connectivity index is 2.50. The highest BCUT2D eigenvalue weighted by Gasteiger charge is 2.10. The quantitative estimate of drug-likeness (QED) is 0.900. The Hall–Kier alpha value is -2.36. The smallest absolute Gasteiger partial charge is 0.335 e. The van der Waals surface area contributed by atoms with Crippen LogP contribution in [0.15, 0.2) is 36.5 Å². The van der Waals surface area contributed by atoms with Crippen LogP contribution in [0.5, 0.6) is 5.75 Å². The van der Waals surface area contributed by atoms with Gasteiger partial charge in [-0.2, -0.15) is 0 Å². The Labute approximate surface area is 105 Å². The molecular weight excluding hydrogens is 230 g/mol. The molecule has 0 aliphatic carbocycles. The molecule has 1 aromatic carbocycles. The number of nitrogens with zero attached hydrogens (tertiary/aromatic N) is 1. The monoisotopic (exact) mass is 243 g/mol. The lowest BCUT2D eigenvalue weighted by atomic mass is 10.0. The fourth-order valence-electron chi connectivity index (χ4n) is 1.69. The second kappa shape index (κ2) is 4.87. The molecule has 2 aromatic rings. The Bertz CT molecular complexity index is 576. The molecule has 0 saturated heterocycles. The van der Waals surface area contributed by atoms with Crippen molar-refractivity contribution in [2.45, 2.75) is 6.92 Å². The highest BCUT2D eigenvalue weighted by molar-refractivity contribution is 5.89. The number of methoxy groups -OCH3 is 1. The standard InChI is InChI=1S/C14H13NO3/c1-9-3-4-11(8-15-9)12-6-5-10(14(16)17)7-13(12)18-2/h3-8H,1-2H3,(H,16,17). The van der Waals surface area contributed by atoms with Gasteiger partial charge in [0.15, 0.2) is 0 Å². The fraction of sp³-hybridized carbons (Fsp3) is 0.143. The number of hydrogen-bond acceptors (Lipinski definition) is 3. The van der Waals surface area contributed by atoms with Crippen LogP contribution in [0.3, 0.4) is 0 Å². The summed E-state index contributed by atoms with van der Waals surface area (Å²) >= 11 is 0. The van der Waals surface area contributed by atoms with Gasteiger partial charge in [0.1, 0.15) is 5.75 Å². The first-order chi connectivity index (χ1) is 8.61. The molecule has 0 saturated carbocycles. The third kappa shape index (κ3) is 2.32. The van der Waals surface area contributed by atoms with Crippen molar-refractivity contribution >= 4 is 5.97 Å². The molecule has 0 radical (unpaired) electrons. The van der Waals surface area contributed by atoms with Gasteiger partial charge in [-0.15, -0.1) is 0 Å². The SMILES string of the molecule is COc1cc(C(=O)O)ccc1-c1ccc(C)nc1. The number of hydrogen-bond donors (Lipinski definition) is 1. The van der Waals surface area contributed by atoms with Gasteiger partial charge < -0.3 is 9.84 Å². The van der Waals surface area contributed by atoms with Crippen LogP contribution < -0.4 is 4.74 Å². The van der Waals surface area contributed by atoms with Crippen molar-refractivity contribution in [3.63, 3.8) is 0 Å². The van der Waals surface area contributed by atoms with Gasteiger partial charge in [0.25, 0.3) is 0 Å². The molecule has 1 heterocycles. The molecule has 4 heteroatoms. The minimum absolute atomic E-state index is 0.204. The number of aryl methyl sites for hydroxylation is 1. The van der Waals surface area contributed by atoms with Crippen LogP contribution in [-0.2, 0) is 0 Å². The maximum absolute atomic E-state index is 10.9. The number of benzene rings is 1. The lowest BCUT2D eigenvalue weighted by Crippen LogP contribution is -1.98. The molecule has 1 N–H and O–H groups in total. The highest BCUT2D eigenvalue weighted by Crippen LogP contribution is 2.30. The molecule has 2 rings (SSSR count). The highest BCUT2D eigenvalue weighted by atomic mass is 16.5. The van der Waals surface area contributed by atoms with Crippen LogP contribution in [0.1, 0.15) is 16.1 Å². The maximum Gasteiger partial charge on any atom is 0.335 e. The average Bonchev–Trinajstić information content (AvgIpc) is 2.39. The lowest BCUT2D eigenvalue weighted by molar-refractivity contribution is 0.0696. The van der Waals surface area contributed by atoms with E-state index in [1.54, 1.807) is 18.3 Å². The second-order valence-electron chi connectivity index (χ2n) is 3.91. The first-order valence-electron chi connectivity index (χ1n) is 5.46. The van der Waals surface area contributed by atoms with E-state index in [-0.39, 0.29) is 5.56 Å². The van der Waals surface area contributed by atoms with Crippen molar-refractivity contribution < 1.29 is 14.6 Å². The van der Waals surface area contributed by atoms with E-state index < -0.39 is 5.97 Å². The van der Waals surface area contributed by atoms with E-state index in [1.807, 2.05) is 19.1 Å². The van der Waals surface area contributed by atoms with E-state index in [0.717, 1.165) is 16.8 Å². The summed E-state index contributed by atoms with van der Waals surface area (Å²) in [5.74, 6) is -0.442. The molecule has 0 aliphatic rings. The zero-order chi connectivity index (χ0) is 13.1. The molecule has 0 bridgehead atoms. The van der Waals surface area contributed by atoms with Gasteiger partial charge in [-0.25, -0.2) is 4.79 Å². The van der Waals surface area contributed by atoms with Crippen LogP contribution in [0.25, 0.3) is 11.1 Å². The third-order valence-electron chi connectivity index (χ3n) is 2.67. The van der Waals surface area contributed by atoms with E-state index in [9.17, 15) is 4.79 Å². The summed E-state index contributed by atoms with van der Waals surface area (Å²) in [5.41, 5.74) is 2.86. The van der Waals surface area contributed by atoms with Gasteiger partial charge in [-0.1, -0.05) is 6.07 Å². The molecule has 0 atom stereocenters. The molecule has 0 aliphatic heterocycles. The van der Waals surface area contributed by atoms with Gasteiger partial charge in [0.2, 0.25) is 0 Å². The average molecular weight is 243 g/mol. The number of carbonyl (C=O) groups is 1. The largest absolute Gasteiger partial charge is 0.496 e. The van der Waals surface area contributed by atoms with Crippen molar-refractivity contribution in [1.82, 2.24) is 4.98 Å². The summed E-state index contributed by atoms with van der Waals surface area (Å²) in [7, 11) is 1.52. The van der Waals surface area contributed by atoms with Gasteiger partial charge in [-0.05, 0) is 31.2 Å². The predicted molar refractivity (Wildman–Crippen MR) is 67.9 cm³/mol. The molecular formula is C14H13NO3. The Morgan fingerprint density at radius 1 is 1.28 bits per heavy atom. The normalized spacial score (nSPS) is 10.1. The fourth-order valence-corrected chi connectivity index (χ4v) is 1.69. The van der Waals surface area contributed by atoms with Crippen molar-refractivity contribution in [2.75, 3.05) is 7.11 Å². The van der Waals surface area contributed by atoms with Crippen LogP contribution in [0, 0.1) is 6.92 Å². The molecule has 4 nitrogen and oxygen atoms in total.